The molecule has 2 unspecified atom stereocenters. The smallest absolute Gasteiger partial charge is 0.126 e. The van der Waals surface area contributed by atoms with Crippen LogP contribution in [0.5, 0.6) is 0 Å². The summed E-state index contributed by atoms with van der Waals surface area (Å²) in [6.45, 7) is 6.66. The lowest BCUT2D eigenvalue weighted by Gasteiger charge is -2.37. The van der Waals surface area contributed by atoms with Crippen molar-refractivity contribution < 1.29 is 0 Å². The number of anilines is 1. The number of hydrogen-bond acceptors (Lipinski definition) is 2. The Morgan fingerprint density at radius 2 is 1.94 bits per heavy atom. The number of amidine groups is 1. The highest BCUT2D eigenvalue weighted by Gasteiger charge is 2.24. The molecule has 2 rings (SSSR count). The zero-order valence-electron chi connectivity index (χ0n) is 10.9. The van der Waals surface area contributed by atoms with E-state index >= 15 is 0 Å². The minimum Gasteiger partial charge on any atom is -0.384 e. The van der Waals surface area contributed by atoms with E-state index in [0.29, 0.717) is 11.8 Å². The molecule has 1 heterocycles. The van der Waals surface area contributed by atoms with Crippen molar-refractivity contribution in [2.75, 3.05) is 18.0 Å². The van der Waals surface area contributed by atoms with E-state index in [0.717, 1.165) is 28.8 Å². The van der Waals surface area contributed by atoms with E-state index in [1.807, 2.05) is 12.1 Å². The van der Waals surface area contributed by atoms with Gasteiger partial charge in [-0.15, -0.1) is 0 Å². The number of halogens is 1. The van der Waals surface area contributed by atoms with Gasteiger partial charge < -0.3 is 10.6 Å². The largest absolute Gasteiger partial charge is 0.384 e. The van der Waals surface area contributed by atoms with Crippen LogP contribution in [0.2, 0.25) is 0 Å². The molecule has 3 N–H and O–H groups in total. The summed E-state index contributed by atoms with van der Waals surface area (Å²) in [6, 6.07) is 6.01. The normalized spacial score (nSPS) is 24.1. The third kappa shape index (κ3) is 2.69. The van der Waals surface area contributed by atoms with Crippen molar-refractivity contribution in [3.05, 3.63) is 28.2 Å². The summed E-state index contributed by atoms with van der Waals surface area (Å²) < 4.78 is 0.901. The number of hydrogen-bond donors (Lipinski definition) is 2. The Kier molecular flexibility index (Phi) is 3.95. The molecule has 1 aromatic rings. The van der Waals surface area contributed by atoms with Crippen LogP contribution in [0.4, 0.5) is 5.69 Å². The van der Waals surface area contributed by atoms with E-state index < -0.39 is 0 Å². The number of nitrogens with one attached hydrogen (secondary N) is 1. The molecular weight excluding hydrogens is 290 g/mol. The maximum absolute atomic E-state index is 7.76. The predicted molar refractivity (Wildman–Crippen MR) is 80.3 cm³/mol. The topological polar surface area (TPSA) is 53.1 Å². The van der Waals surface area contributed by atoms with Crippen molar-refractivity contribution >= 4 is 27.5 Å². The third-order valence-electron chi connectivity index (χ3n) is 3.47. The van der Waals surface area contributed by atoms with E-state index in [4.69, 9.17) is 11.1 Å². The molecule has 98 valence electrons. The van der Waals surface area contributed by atoms with E-state index in [2.05, 4.69) is 40.7 Å². The molecule has 0 aliphatic carbocycles. The van der Waals surface area contributed by atoms with E-state index in [1.54, 1.807) is 0 Å². The summed E-state index contributed by atoms with van der Waals surface area (Å²) in [5, 5.41) is 7.76. The Balaban J connectivity index is 2.38. The SMILES string of the molecule is CC1CC(C)CN(c2cccc(Br)c2C(=N)N)C1. The molecule has 0 amide bonds. The van der Waals surface area contributed by atoms with Gasteiger partial charge in [-0.3, -0.25) is 5.41 Å². The standard InChI is InChI=1S/C14H20BrN3/c1-9-6-10(2)8-18(7-9)12-5-3-4-11(15)13(12)14(16)17/h3-5,9-10H,6-8H2,1-2H3,(H3,16,17). The molecule has 2 atom stereocenters. The highest BCUT2D eigenvalue weighted by Crippen LogP contribution is 2.32. The van der Waals surface area contributed by atoms with Crippen molar-refractivity contribution in [1.29, 1.82) is 5.41 Å². The van der Waals surface area contributed by atoms with Crippen LogP contribution in [0.3, 0.4) is 0 Å². The van der Waals surface area contributed by atoms with Crippen LogP contribution >= 0.6 is 15.9 Å². The van der Waals surface area contributed by atoms with E-state index in [-0.39, 0.29) is 5.84 Å². The zero-order valence-corrected chi connectivity index (χ0v) is 12.5. The number of piperidine rings is 1. The van der Waals surface area contributed by atoms with Crippen molar-refractivity contribution in [1.82, 2.24) is 0 Å². The summed E-state index contributed by atoms with van der Waals surface area (Å²) >= 11 is 3.50. The first-order chi connectivity index (χ1) is 8.49. The van der Waals surface area contributed by atoms with Gasteiger partial charge in [-0.05, 0) is 46.3 Å². The first kappa shape index (κ1) is 13.4. The van der Waals surface area contributed by atoms with Crippen molar-refractivity contribution in [2.45, 2.75) is 20.3 Å². The molecule has 0 radical (unpaired) electrons. The van der Waals surface area contributed by atoms with Crippen LogP contribution in [0.15, 0.2) is 22.7 Å². The second-order valence-corrected chi connectivity index (χ2v) is 6.25. The Labute approximate surface area is 117 Å². The fraction of sp³-hybridized carbons (Fsp3) is 0.500. The number of rotatable bonds is 2. The zero-order chi connectivity index (χ0) is 13.3. The fourth-order valence-electron chi connectivity index (χ4n) is 2.90. The molecule has 0 saturated carbocycles. The minimum atomic E-state index is 0.128. The molecule has 4 heteroatoms. The third-order valence-corrected chi connectivity index (χ3v) is 4.13. The van der Waals surface area contributed by atoms with Gasteiger partial charge in [-0.2, -0.15) is 0 Å². The average Bonchev–Trinajstić information content (AvgIpc) is 2.26. The second kappa shape index (κ2) is 5.31. The fourth-order valence-corrected chi connectivity index (χ4v) is 3.47. The summed E-state index contributed by atoms with van der Waals surface area (Å²) in [7, 11) is 0. The molecule has 1 saturated heterocycles. The monoisotopic (exact) mass is 309 g/mol. The molecule has 0 bridgehead atoms. The lowest BCUT2D eigenvalue weighted by molar-refractivity contribution is 0.357. The van der Waals surface area contributed by atoms with Gasteiger partial charge >= 0.3 is 0 Å². The predicted octanol–water partition coefficient (Wildman–Crippen LogP) is 3.22. The van der Waals surface area contributed by atoms with Gasteiger partial charge in [-0.1, -0.05) is 19.9 Å². The van der Waals surface area contributed by atoms with Gasteiger partial charge in [-0.25, -0.2) is 0 Å². The van der Waals surface area contributed by atoms with Gasteiger partial charge in [0, 0.05) is 23.2 Å². The van der Waals surface area contributed by atoms with Crippen LogP contribution in [0.1, 0.15) is 25.8 Å². The van der Waals surface area contributed by atoms with E-state index in [9.17, 15) is 0 Å². The summed E-state index contributed by atoms with van der Waals surface area (Å²) in [4.78, 5) is 2.36. The number of nitrogen functional groups attached to an aromatic ring is 1. The number of nitrogens with two attached hydrogens (primary N) is 1. The summed E-state index contributed by atoms with van der Waals surface area (Å²) in [6.07, 6.45) is 1.28. The number of nitrogens with zero attached hydrogens (tertiary/aromatic N) is 1. The molecule has 0 spiro atoms. The lowest BCUT2D eigenvalue weighted by Crippen LogP contribution is -2.39. The van der Waals surface area contributed by atoms with Crippen LogP contribution in [-0.4, -0.2) is 18.9 Å². The van der Waals surface area contributed by atoms with Gasteiger partial charge in [0.15, 0.2) is 0 Å². The summed E-state index contributed by atoms with van der Waals surface area (Å²) in [5.41, 5.74) is 7.62. The van der Waals surface area contributed by atoms with Gasteiger partial charge in [0.1, 0.15) is 5.84 Å². The van der Waals surface area contributed by atoms with Crippen molar-refractivity contribution in [3.63, 3.8) is 0 Å². The first-order valence-corrected chi connectivity index (χ1v) is 7.16. The molecule has 1 aliphatic heterocycles. The Hall–Kier alpha value is -1.03. The molecule has 1 aliphatic rings. The van der Waals surface area contributed by atoms with Gasteiger partial charge in [0.05, 0.1) is 5.56 Å². The molecule has 0 aromatic heterocycles. The molecule has 3 nitrogen and oxygen atoms in total. The van der Waals surface area contributed by atoms with Crippen LogP contribution in [-0.2, 0) is 0 Å². The Morgan fingerprint density at radius 1 is 1.33 bits per heavy atom. The summed E-state index contributed by atoms with van der Waals surface area (Å²) in [5.74, 6) is 1.50. The molecule has 1 aromatic carbocycles. The average molecular weight is 310 g/mol. The van der Waals surface area contributed by atoms with Crippen LogP contribution < -0.4 is 10.6 Å². The van der Waals surface area contributed by atoms with Gasteiger partial charge in [0.25, 0.3) is 0 Å². The maximum Gasteiger partial charge on any atom is 0.126 e. The second-order valence-electron chi connectivity index (χ2n) is 5.40. The molecular formula is C14H20BrN3. The van der Waals surface area contributed by atoms with E-state index in [1.165, 1.54) is 6.42 Å². The quantitative estimate of drug-likeness (QED) is 0.651. The Bertz CT molecular complexity index is 448. The van der Waals surface area contributed by atoms with Crippen LogP contribution in [0.25, 0.3) is 0 Å². The molecule has 18 heavy (non-hydrogen) atoms. The Morgan fingerprint density at radius 3 is 2.50 bits per heavy atom. The lowest BCUT2D eigenvalue weighted by atomic mass is 9.91. The van der Waals surface area contributed by atoms with Crippen molar-refractivity contribution in [3.8, 4) is 0 Å². The van der Waals surface area contributed by atoms with Crippen molar-refractivity contribution in [2.24, 2.45) is 17.6 Å². The minimum absolute atomic E-state index is 0.128. The first-order valence-electron chi connectivity index (χ1n) is 6.37. The number of benzene rings is 1. The van der Waals surface area contributed by atoms with Crippen LogP contribution in [0, 0.1) is 17.2 Å². The highest BCUT2D eigenvalue weighted by atomic mass is 79.9. The van der Waals surface area contributed by atoms with Gasteiger partial charge in [0.2, 0.25) is 0 Å². The maximum atomic E-state index is 7.76. The molecule has 1 fully saturated rings. The highest BCUT2D eigenvalue weighted by molar-refractivity contribution is 9.10.